The SMILES string of the molecule is CNC1CC(Oc2c(Cl)cccc2Cl)C1OCCOC. The Labute approximate surface area is 129 Å². The number of benzene rings is 1. The summed E-state index contributed by atoms with van der Waals surface area (Å²) in [5.74, 6) is 0.524. The van der Waals surface area contributed by atoms with E-state index in [1.165, 1.54) is 0 Å². The van der Waals surface area contributed by atoms with E-state index in [0.29, 0.717) is 29.0 Å². The Morgan fingerprint density at radius 3 is 2.55 bits per heavy atom. The van der Waals surface area contributed by atoms with Crippen LogP contribution in [0.15, 0.2) is 18.2 Å². The molecule has 4 nitrogen and oxygen atoms in total. The van der Waals surface area contributed by atoms with Gasteiger partial charge in [-0.2, -0.15) is 0 Å². The Bertz CT molecular complexity index is 424. The van der Waals surface area contributed by atoms with Crippen LogP contribution in [0.4, 0.5) is 0 Å². The van der Waals surface area contributed by atoms with E-state index in [2.05, 4.69) is 5.32 Å². The summed E-state index contributed by atoms with van der Waals surface area (Å²) in [4.78, 5) is 0. The zero-order valence-corrected chi connectivity index (χ0v) is 13.1. The first kappa shape index (κ1) is 15.9. The van der Waals surface area contributed by atoms with Crippen molar-refractivity contribution in [2.24, 2.45) is 0 Å². The lowest BCUT2D eigenvalue weighted by Crippen LogP contribution is -2.60. The number of para-hydroxylation sites is 1. The van der Waals surface area contributed by atoms with Crippen LogP contribution in [0.25, 0.3) is 0 Å². The number of rotatable bonds is 7. The first-order chi connectivity index (χ1) is 9.67. The van der Waals surface area contributed by atoms with E-state index in [1.807, 2.05) is 7.05 Å². The highest BCUT2D eigenvalue weighted by Gasteiger charge is 2.43. The molecule has 1 aliphatic carbocycles. The van der Waals surface area contributed by atoms with Crippen molar-refractivity contribution in [1.29, 1.82) is 0 Å². The number of nitrogens with one attached hydrogen (secondary N) is 1. The summed E-state index contributed by atoms with van der Waals surface area (Å²) in [5.41, 5.74) is 0. The lowest BCUT2D eigenvalue weighted by atomic mass is 9.85. The van der Waals surface area contributed by atoms with Crippen LogP contribution in [0.1, 0.15) is 6.42 Å². The molecule has 1 saturated carbocycles. The van der Waals surface area contributed by atoms with Crippen LogP contribution in [0.2, 0.25) is 10.0 Å². The molecule has 0 heterocycles. The van der Waals surface area contributed by atoms with Crippen molar-refractivity contribution >= 4 is 23.2 Å². The van der Waals surface area contributed by atoms with Gasteiger partial charge < -0.3 is 19.5 Å². The van der Waals surface area contributed by atoms with Crippen LogP contribution in [0, 0.1) is 0 Å². The van der Waals surface area contributed by atoms with Gasteiger partial charge in [-0.15, -0.1) is 0 Å². The van der Waals surface area contributed by atoms with E-state index >= 15 is 0 Å². The van der Waals surface area contributed by atoms with Crippen LogP contribution in [-0.2, 0) is 9.47 Å². The first-order valence-corrected chi connectivity index (χ1v) is 7.31. The van der Waals surface area contributed by atoms with E-state index in [4.69, 9.17) is 37.4 Å². The van der Waals surface area contributed by atoms with Crippen molar-refractivity contribution in [3.05, 3.63) is 28.2 Å². The quantitative estimate of drug-likeness (QED) is 0.784. The average molecular weight is 320 g/mol. The molecular weight excluding hydrogens is 301 g/mol. The average Bonchev–Trinajstić information content (AvgIpc) is 2.41. The van der Waals surface area contributed by atoms with Gasteiger partial charge in [0.25, 0.3) is 0 Å². The highest BCUT2D eigenvalue weighted by molar-refractivity contribution is 6.37. The van der Waals surface area contributed by atoms with E-state index < -0.39 is 0 Å². The Morgan fingerprint density at radius 1 is 1.25 bits per heavy atom. The third-order valence-electron chi connectivity index (χ3n) is 3.41. The molecule has 112 valence electrons. The van der Waals surface area contributed by atoms with E-state index in [-0.39, 0.29) is 18.2 Å². The van der Waals surface area contributed by atoms with Gasteiger partial charge in [0.15, 0.2) is 5.75 Å². The maximum Gasteiger partial charge on any atom is 0.157 e. The summed E-state index contributed by atoms with van der Waals surface area (Å²) >= 11 is 12.2. The number of halogens is 2. The third-order valence-corrected chi connectivity index (χ3v) is 4.00. The molecule has 1 N–H and O–H groups in total. The second-order valence-corrected chi connectivity index (χ2v) is 5.48. The number of hydrogen-bond donors (Lipinski definition) is 1. The minimum atomic E-state index is -0.0540. The molecule has 1 aromatic rings. The Hall–Kier alpha value is -0.520. The zero-order chi connectivity index (χ0) is 14.5. The van der Waals surface area contributed by atoms with Crippen molar-refractivity contribution in [3.63, 3.8) is 0 Å². The Balaban J connectivity index is 1.98. The molecule has 3 atom stereocenters. The fourth-order valence-electron chi connectivity index (χ4n) is 2.22. The summed E-state index contributed by atoms with van der Waals surface area (Å²) in [6, 6.07) is 5.59. The van der Waals surface area contributed by atoms with Gasteiger partial charge >= 0.3 is 0 Å². The molecule has 0 spiro atoms. The molecule has 1 aliphatic rings. The standard InChI is InChI=1S/C14H19Cl2NO3/c1-17-11-8-12(14(11)19-7-6-18-2)20-13-9(15)4-3-5-10(13)16/h3-5,11-12,14,17H,6-8H2,1-2H3. The van der Waals surface area contributed by atoms with Crippen LogP contribution >= 0.6 is 23.2 Å². The number of methoxy groups -OCH3 is 1. The van der Waals surface area contributed by atoms with Crippen molar-refractivity contribution < 1.29 is 14.2 Å². The molecule has 2 rings (SSSR count). The highest BCUT2D eigenvalue weighted by atomic mass is 35.5. The molecule has 3 unspecified atom stereocenters. The summed E-state index contributed by atoms with van der Waals surface area (Å²) in [6.07, 6.45) is 0.777. The minimum absolute atomic E-state index is 0.0255. The summed E-state index contributed by atoms with van der Waals surface area (Å²) in [7, 11) is 3.56. The molecule has 1 fully saturated rings. The second-order valence-electron chi connectivity index (χ2n) is 4.67. The molecule has 0 aromatic heterocycles. The van der Waals surface area contributed by atoms with Gasteiger partial charge in [-0.05, 0) is 19.2 Å². The second kappa shape index (κ2) is 7.48. The largest absolute Gasteiger partial charge is 0.484 e. The maximum atomic E-state index is 6.11. The van der Waals surface area contributed by atoms with Crippen LogP contribution in [-0.4, -0.2) is 45.6 Å². The summed E-state index contributed by atoms with van der Waals surface area (Å²) in [6.45, 7) is 1.10. The molecule has 0 aliphatic heterocycles. The fraction of sp³-hybridized carbons (Fsp3) is 0.571. The zero-order valence-electron chi connectivity index (χ0n) is 11.6. The van der Waals surface area contributed by atoms with Crippen LogP contribution < -0.4 is 10.1 Å². The number of likely N-dealkylation sites (N-methyl/N-ethyl adjacent to an activating group) is 1. The van der Waals surface area contributed by atoms with Gasteiger partial charge in [-0.1, -0.05) is 29.3 Å². The number of ether oxygens (including phenoxy) is 3. The van der Waals surface area contributed by atoms with E-state index in [9.17, 15) is 0 Å². The molecule has 20 heavy (non-hydrogen) atoms. The molecule has 6 heteroatoms. The van der Waals surface area contributed by atoms with Gasteiger partial charge in [0.1, 0.15) is 12.2 Å². The van der Waals surface area contributed by atoms with Crippen molar-refractivity contribution in [2.45, 2.75) is 24.7 Å². The van der Waals surface area contributed by atoms with Gasteiger partial charge in [0.05, 0.1) is 23.3 Å². The fourth-order valence-corrected chi connectivity index (χ4v) is 2.70. The predicted octanol–water partition coefficient (Wildman–Crippen LogP) is 2.76. The van der Waals surface area contributed by atoms with Crippen LogP contribution in [0.5, 0.6) is 5.75 Å². The van der Waals surface area contributed by atoms with Gasteiger partial charge in [0, 0.05) is 19.6 Å². The minimum Gasteiger partial charge on any atom is -0.484 e. The van der Waals surface area contributed by atoms with Gasteiger partial charge in [0.2, 0.25) is 0 Å². The summed E-state index contributed by atoms with van der Waals surface area (Å²) in [5, 5.41) is 4.24. The predicted molar refractivity (Wildman–Crippen MR) is 80.0 cm³/mol. The molecule has 0 bridgehead atoms. The van der Waals surface area contributed by atoms with E-state index in [0.717, 1.165) is 6.42 Å². The van der Waals surface area contributed by atoms with Gasteiger partial charge in [-0.25, -0.2) is 0 Å². The lowest BCUT2D eigenvalue weighted by Gasteiger charge is -2.43. The Morgan fingerprint density at radius 2 is 1.95 bits per heavy atom. The topological polar surface area (TPSA) is 39.7 Å². The van der Waals surface area contributed by atoms with Crippen molar-refractivity contribution in [3.8, 4) is 5.75 Å². The highest BCUT2D eigenvalue weighted by Crippen LogP contribution is 2.37. The molecule has 0 radical (unpaired) electrons. The maximum absolute atomic E-state index is 6.11. The first-order valence-electron chi connectivity index (χ1n) is 6.55. The smallest absolute Gasteiger partial charge is 0.157 e. The van der Waals surface area contributed by atoms with Crippen LogP contribution in [0.3, 0.4) is 0 Å². The van der Waals surface area contributed by atoms with Crippen molar-refractivity contribution in [2.75, 3.05) is 27.4 Å². The van der Waals surface area contributed by atoms with Gasteiger partial charge in [-0.3, -0.25) is 0 Å². The monoisotopic (exact) mass is 319 g/mol. The normalized spacial score (nSPS) is 25.3. The molecule has 1 aromatic carbocycles. The molecule has 0 saturated heterocycles. The Kier molecular flexibility index (Phi) is 5.93. The van der Waals surface area contributed by atoms with E-state index in [1.54, 1.807) is 25.3 Å². The molecular formula is C14H19Cl2NO3. The van der Waals surface area contributed by atoms with Crippen molar-refractivity contribution in [1.82, 2.24) is 5.32 Å². The third kappa shape index (κ3) is 3.57. The summed E-state index contributed by atoms with van der Waals surface area (Å²) < 4.78 is 16.7. The molecule has 0 amide bonds. The number of hydrogen-bond acceptors (Lipinski definition) is 4. The lowest BCUT2D eigenvalue weighted by molar-refractivity contribution is -0.114.